The predicted molar refractivity (Wildman–Crippen MR) is 32.5 cm³/mol. The fourth-order valence-corrected chi connectivity index (χ4v) is 0.619. The molecule has 0 aliphatic carbocycles. The molecule has 0 atom stereocenters. The Morgan fingerprint density at radius 3 is 2.25 bits per heavy atom. The van der Waals surface area contributed by atoms with Crippen LogP contribution in [0.1, 0.15) is 21.0 Å². The first-order chi connectivity index (χ1) is 5.13. The Balaban J connectivity index is 0.00000121. The largest absolute Gasteiger partial charge is 0.477 e. The Morgan fingerprint density at radius 2 is 1.92 bits per heavy atom. The van der Waals surface area contributed by atoms with Gasteiger partial charge in [-0.15, -0.1) is 0 Å². The zero-order chi connectivity index (χ0) is 8.43. The third-order valence-electron chi connectivity index (χ3n) is 1.06. The van der Waals surface area contributed by atoms with Crippen LogP contribution in [-0.2, 0) is 17.1 Å². The van der Waals surface area contributed by atoms with Crippen molar-refractivity contribution in [3.8, 4) is 0 Å². The summed E-state index contributed by atoms with van der Waals surface area (Å²) in [4.78, 5) is 26.0. The maximum absolute atomic E-state index is 10.3. The van der Waals surface area contributed by atoms with E-state index in [1.54, 1.807) is 0 Å². The summed E-state index contributed by atoms with van der Waals surface area (Å²) >= 11 is 0. The number of aromatic nitrogens is 2. The van der Waals surface area contributed by atoms with E-state index in [4.69, 9.17) is 10.2 Å². The number of carbonyl (C=O) groups is 2. The SMILES string of the molecule is O=C(O)c1nc[nH]c1C(=O)O.[Cu]. The number of imidazole rings is 1. The van der Waals surface area contributed by atoms with Crippen molar-refractivity contribution in [1.82, 2.24) is 9.97 Å². The van der Waals surface area contributed by atoms with Crippen molar-refractivity contribution in [2.75, 3.05) is 0 Å². The molecule has 7 heteroatoms. The van der Waals surface area contributed by atoms with Gasteiger partial charge >= 0.3 is 11.9 Å². The fourth-order valence-electron chi connectivity index (χ4n) is 0.619. The summed E-state index contributed by atoms with van der Waals surface area (Å²) in [5.74, 6) is -2.69. The summed E-state index contributed by atoms with van der Waals surface area (Å²) in [7, 11) is 0. The van der Waals surface area contributed by atoms with Gasteiger partial charge in [0.1, 0.15) is 0 Å². The summed E-state index contributed by atoms with van der Waals surface area (Å²) in [6.45, 7) is 0. The Hall–Kier alpha value is -1.33. The molecule has 0 unspecified atom stereocenters. The molecule has 0 bridgehead atoms. The van der Waals surface area contributed by atoms with E-state index in [1.165, 1.54) is 0 Å². The standard InChI is InChI=1S/C5H4N2O4.Cu/c8-4(9)2-3(5(10)11)7-1-6-2;/h1H,(H,6,7)(H,8,9)(H,10,11);. The number of rotatable bonds is 2. The number of hydrogen-bond donors (Lipinski definition) is 3. The normalized spacial score (nSPS) is 8.67. The van der Waals surface area contributed by atoms with Gasteiger partial charge in [0.25, 0.3) is 0 Å². The van der Waals surface area contributed by atoms with Gasteiger partial charge in [-0.25, -0.2) is 14.6 Å². The number of aromatic amines is 1. The van der Waals surface area contributed by atoms with Crippen molar-refractivity contribution in [2.24, 2.45) is 0 Å². The summed E-state index contributed by atoms with van der Waals surface area (Å²) in [5, 5.41) is 16.7. The Morgan fingerprint density at radius 1 is 1.33 bits per heavy atom. The molecule has 0 aromatic carbocycles. The van der Waals surface area contributed by atoms with Crippen LogP contribution >= 0.6 is 0 Å². The molecule has 3 N–H and O–H groups in total. The van der Waals surface area contributed by atoms with Crippen molar-refractivity contribution in [2.45, 2.75) is 0 Å². The molecule has 0 aliphatic rings. The third kappa shape index (κ3) is 1.84. The van der Waals surface area contributed by atoms with Gasteiger partial charge in [0.2, 0.25) is 0 Å². The van der Waals surface area contributed by atoms with E-state index in [9.17, 15) is 9.59 Å². The molecule has 1 aromatic rings. The van der Waals surface area contributed by atoms with Crippen molar-refractivity contribution < 1.29 is 36.9 Å². The van der Waals surface area contributed by atoms with Gasteiger partial charge in [0.15, 0.2) is 11.4 Å². The topological polar surface area (TPSA) is 103 Å². The molecule has 0 spiro atoms. The number of carboxylic acid groups (broad SMARTS) is 2. The maximum atomic E-state index is 10.3. The van der Waals surface area contributed by atoms with Gasteiger partial charge in [0.05, 0.1) is 6.33 Å². The molecule has 1 rings (SSSR count). The summed E-state index contributed by atoms with van der Waals surface area (Å²) in [5.41, 5.74) is -0.880. The molecular formula is C5H4CuN2O4. The second-order valence-electron chi connectivity index (χ2n) is 1.74. The number of aromatic carboxylic acids is 2. The molecule has 1 heterocycles. The third-order valence-corrected chi connectivity index (χ3v) is 1.06. The molecule has 0 saturated carbocycles. The van der Waals surface area contributed by atoms with E-state index >= 15 is 0 Å². The molecule has 1 radical (unpaired) electrons. The van der Waals surface area contributed by atoms with E-state index in [2.05, 4.69) is 9.97 Å². The van der Waals surface area contributed by atoms with Gasteiger partial charge in [-0.3, -0.25) is 0 Å². The summed E-state index contributed by atoms with van der Waals surface area (Å²) in [6.07, 6.45) is 1.02. The average molecular weight is 220 g/mol. The van der Waals surface area contributed by atoms with E-state index in [1.807, 2.05) is 0 Å². The first-order valence-electron chi connectivity index (χ1n) is 2.63. The molecule has 12 heavy (non-hydrogen) atoms. The quantitative estimate of drug-likeness (QED) is 0.598. The van der Waals surface area contributed by atoms with Crippen LogP contribution in [0.2, 0.25) is 0 Å². The van der Waals surface area contributed by atoms with Crippen LogP contribution in [0.15, 0.2) is 6.33 Å². The van der Waals surface area contributed by atoms with Gasteiger partial charge in [-0.1, -0.05) is 0 Å². The summed E-state index contributed by atoms with van der Waals surface area (Å²) in [6, 6.07) is 0. The van der Waals surface area contributed by atoms with Gasteiger partial charge in [-0.05, 0) is 0 Å². The monoisotopic (exact) mass is 219 g/mol. The van der Waals surface area contributed by atoms with Crippen molar-refractivity contribution in [1.29, 1.82) is 0 Å². The molecule has 0 aliphatic heterocycles. The number of nitrogens with one attached hydrogen (secondary N) is 1. The van der Waals surface area contributed by atoms with Crippen LogP contribution < -0.4 is 0 Å². The van der Waals surface area contributed by atoms with Crippen LogP contribution in [-0.4, -0.2) is 32.1 Å². The smallest absolute Gasteiger partial charge is 0.357 e. The number of H-pyrrole nitrogens is 1. The van der Waals surface area contributed by atoms with Crippen LogP contribution in [0.25, 0.3) is 0 Å². The Kier molecular flexibility index (Phi) is 3.46. The first-order valence-corrected chi connectivity index (χ1v) is 2.63. The molecule has 0 amide bonds. The second kappa shape index (κ2) is 3.89. The zero-order valence-corrected chi connectivity index (χ0v) is 6.48. The van der Waals surface area contributed by atoms with Gasteiger partial charge < -0.3 is 15.2 Å². The Bertz CT molecular complexity index is 280. The Labute approximate surface area is 77.1 Å². The molecule has 0 fully saturated rings. The fraction of sp³-hybridized carbons (Fsp3) is 0. The molecule has 1 aromatic heterocycles. The molecular weight excluding hydrogens is 216 g/mol. The van der Waals surface area contributed by atoms with Crippen LogP contribution in [0.4, 0.5) is 0 Å². The summed E-state index contributed by atoms with van der Waals surface area (Å²) < 4.78 is 0. The minimum Gasteiger partial charge on any atom is -0.477 e. The average Bonchev–Trinajstić information content (AvgIpc) is 2.32. The minimum atomic E-state index is -1.36. The van der Waals surface area contributed by atoms with Gasteiger partial charge in [-0.2, -0.15) is 0 Å². The van der Waals surface area contributed by atoms with Crippen LogP contribution in [0.5, 0.6) is 0 Å². The van der Waals surface area contributed by atoms with Crippen molar-refractivity contribution in [3.63, 3.8) is 0 Å². The number of nitrogens with zero attached hydrogens (tertiary/aromatic N) is 1. The van der Waals surface area contributed by atoms with E-state index in [0.29, 0.717) is 0 Å². The van der Waals surface area contributed by atoms with E-state index < -0.39 is 23.3 Å². The van der Waals surface area contributed by atoms with Crippen molar-refractivity contribution in [3.05, 3.63) is 17.7 Å². The number of hydrogen-bond acceptors (Lipinski definition) is 3. The minimum absolute atomic E-state index is 0. The first kappa shape index (κ1) is 10.7. The van der Waals surface area contributed by atoms with Gasteiger partial charge in [0, 0.05) is 17.1 Å². The van der Waals surface area contributed by atoms with Crippen molar-refractivity contribution >= 4 is 11.9 Å². The number of carboxylic acids is 2. The molecule has 0 saturated heterocycles. The van der Waals surface area contributed by atoms with E-state index in [-0.39, 0.29) is 17.1 Å². The molecule has 69 valence electrons. The van der Waals surface area contributed by atoms with E-state index in [0.717, 1.165) is 6.33 Å². The van der Waals surface area contributed by atoms with Crippen LogP contribution in [0.3, 0.4) is 0 Å². The predicted octanol–water partition coefficient (Wildman–Crippen LogP) is -0.196. The zero-order valence-electron chi connectivity index (χ0n) is 5.54. The molecule has 6 nitrogen and oxygen atoms in total. The second-order valence-corrected chi connectivity index (χ2v) is 1.74. The van der Waals surface area contributed by atoms with Crippen LogP contribution in [0, 0.1) is 0 Å². The maximum Gasteiger partial charge on any atom is 0.357 e.